The average Bonchev–Trinajstić information content (AvgIpc) is 2.49. The lowest BCUT2D eigenvalue weighted by atomic mass is 9.86. The third-order valence-electron chi connectivity index (χ3n) is 3.91. The van der Waals surface area contributed by atoms with E-state index in [1.807, 2.05) is 20.8 Å². The summed E-state index contributed by atoms with van der Waals surface area (Å²) in [4.78, 5) is 0. The zero-order chi connectivity index (χ0) is 18.7. The van der Waals surface area contributed by atoms with Crippen molar-refractivity contribution in [3.05, 3.63) is 0 Å². The SMILES string of the molecule is CC(C)(C)C[C@@H](O)[C@H](O[C@@H]1O[C@H](CO)[C@H](O)[C@H](O)[C@H]1O)[C@H](O)CO. The summed E-state index contributed by atoms with van der Waals surface area (Å²) in [6.07, 6.45) is -11.2. The number of hydrogen-bond acceptors (Lipinski definition) is 9. The maximum Gasteiger partial charge on any atom is 0.187 e. The fraction of sp³-hybridized carbons (Fsp3) is 1.00. The van der Waals surface area contributed by atoms with Crippen molar-refractivity contribution >= 4 is 0 Å². The van der Waals surface area contributed by atoms with Gasteiger partial charge in [-0.05, 0) is 11.8 Å². The molecule has 8 atom stereocenters. The minimum Gasteiger partial charge on any atom is -0.394 e. The van der Waals surface area contributed by atoms with Crippen LogP contribution in [0.25, 0.3) is 0 Å². The van der Waals surface area contributed by atoms with Crippen LogP contribution in [-0.2, 0) is 9.47 Å². The molecule has 1 saturated heterocycles. The van der Waals surface area contributed by atoms with Crippen LogP contribution in [-0.4, -0.2) is 98.0 Å². The van der Waals surface area contributed by atoms with E-state index in [9.17, 15) is 25.5 Å². The van der Waals surface area contributed by atoms with Crippen LogP contribution in [0, 0.1) is 5.41 Å². The van der Waals surface area contributed by atoms with E-state index >= 15 is 0 Å². The van der Waals surface area contributed by atoms with Crippen molar-refractivity contribution in [1.82, 2.24) is 0 Å². The first-order valence-corrected chi connectivity index (χ1v) is 7.94. The second-order valence-electron chi connectivity index (χ2n) is 7.38. The number of ether oxygens (including phenoxy) is 2. The zero-order valence-corrected chi connectivity index (χ0v) is 14.2. The van der Waals surface area contributed by atoms with Crippen LogP contribution >= 0.6 is 0 Å². The van der Waals surface area contributed by atoms with E-state index in [0.29, 0.717) is 0 Å². The summed E-state index contributed by atoms with van der Waals surface area (Å²) in [5, 5.41) is 68.0. The molecule has 0 radical (unpaired) electrons. The van der Waals surface area contributed by atoms with Gasteiger partial charge in [0, 0.05) is 0 Å². The molecule has 0 aliphatic carbocycles. The highest BCUT2D eigenvalue weighted by Gasteiger charge is 2.46. The summed E-state index contributed by atoms with van der Waals surface area (Å²) >= 11 is 0. The van der Waals surface area contributed by atoms with Gasteiger partial charge >= 0.3 is 0 Å². The van der Waals surface area contributed by atoms with E-state index in [2.05, 4.69) is 0 Å². The first-order valence-electron chi connectivity index (χ1n) is 7.94. The van der Waals surface area contributed by atoms with E-state index in [4.69, 9.17) is 19.7 Å². The van der Waals surface area contributed by atoms with Crippen LogP contribution in [0.3, 0.4) is 0 Å². The molecule has 1 rings (SSSR count). The van der Waals surface area contributed by atoms with Gasteiger partial charge in [0.2, 0.25) is 0 Å². The van der Waals surface area contributed by atoms with Crippen molar-refractivity contribution in [2.75, 3.05) is 13.2 Å². The lowest BCUT2D eigenvalue weighted by molar-refractivity contribution is -0.325. The van der Waals surface area contributed by atoms with Gasteiger partial charge in [-0.2, -0.15) is 0 Å². The van der Waals surface area contributed by atoms with E-state index in [1.54, 1.807) is 0 Å². The van der Waals surface area contributed by atoms with Gasteiger partial charge in [0.1, 0.15) is 36.6 Å². The van der Waals surface area contributed by atoms with E-state index in [0.717, 1.165) is 0 Å². The third kappa shape index (κ3) is 5.58. The second-order valence-corrected chi connectivity index (χ2v) is 7.38. The van der Waals surface area contributed by atoms with Crippen molar-refractivity contribution in [1.29, 1.82) is 0 Å². The molecule has 1 aliphatic heterocycles. The molecule has 0 saturated carbocycles. The molecule has 1 fully saturated rings. The first-order chi connectivity index (χ1) is 11.0. The Hall–Kier alpha value is -0.360. The van der Waals surface area contributed by atoms with Gasteiger partial charge in [-0.1, -0.05) is 20.8 Å². The van der Waals surface area contributed by atoms with Crippen LogP contribution in [0.2, 0.25) is 0 Å². The highest BCUT2D eigenvalue weighted by atomic mass is 16.7. The number of aliphatic hydroxyl groups is 7. The van der Waals surface area contributed by atoms with E-state index in [-0.39, 0.29) is 11.8 Å². The fourth-order valence-corrected chi connectivity index (χ4v) is 2.62. The molecule has 144 valence electrons. The maximum absolute atomic E-state index is 10.3. The van der Waals surface area contributed by atoms with E-state index in [1.165, 1.54) is 0 Å². The Kier molecular flexibility index (Phi) is 7.98. The van der Waals surface area contributed by atoms with Crippen LogP contribution < -0.4 is 0 Å². The number of hydrogen-bond donors (Lipinski definition) is 7. The first kappa shape index (κ1) is 21.7. The van der Waals surface area contributed by atoms with Gasteiger partial charge in [0.05, 0.1) is 19.3 Å². The molecule has 24 heavy (non-hydrogen) atoms. The Morgan fingerprint density at radius 1 is 0.958 bits per heavy atom. The average molecular weight is 354 g/mol. The van der Waals surface area contributed by atoms with Crippen molar-refractivity contribution in [3.8, 4) is 0 Å². The van der Waals surface area contributed by atoms with Gasteiger partial charge < -0.3 is 45.2 Å². The summed E-state index contributed by atoms with van der Waals surface area (Å²) in [6, 6.07) is 0. The highest BCUT2D eigenvalue weighted by molar-refractivity contribution is 4.90. The molecule has 1 aliphatic rings. The molecule has 0 spiro atoms. The lowest BCUT2D eigenvalue weighted by Crippen LogP contribution is -2.61. The highest BCUT2D eigenvalue weighted by Crippen LogP contribution is 2.28. The number of aliphatic hydroxyl groups excluding tert-OH is 7. The molecule has 9 nitrogen and oxygen atoms in total. The smallest absolute Gasteiger partial charge is 0.187 e. The molecule has 7 N–H and O–H groups in total. The minimum atomic E-state index is -1.65. The molecular formula is C15H30O9. The Morgan fingerprint density at radius 2 is 1.54 bits per heavy atom. The Morgan fingerprint density at radius 3 is 2.00 bits per heavy atom. The Balaban J connectivity index is 2.88. The predicted octanol–water partition coefficient (Wildman–Crippen LogP) is -2.68. The monoisotopic (exact) mass is 354 g/mol. The van der Waals surface area contributed by atoms with Gasteiger partial charge in [0.25, 0.3) is 0 Å². The normalized spacial score (nSPS) is 35.5. The molecule has 0 unspecified atom stereocenters. The molecule has 0 aromatic heterocycles. The zero-order valence-electron chi connectivity index (χ0n) is 14.2. The second kappa shape index (κ2) is 8.84. The molecular weight excluding hydrogens is 324 g/mol. The Bertz CT molecular complexity index is 370. The van der Waals surface area contributed by atoms with Crippen molar-refractivity contribution in [2.24, 2.45) is 5.41 Å². The predicted molar refractivity (Wildman–Crippen MR) is 81.8 cm³/mol. The third-order valence-corrected chi connectivity index (χ3v) is 3.91. The largest absolute Gasteiger partial charge is 0.394 e. The standard InChI is InChI=1S/C15H30O9/c1-15(2,3)4-7(18)13(8(19)5-16)24-14-12(22)11(21)10(20)9(6-17)23-14/h7-14,16-22H,4-6H2,1-3H3/t7-,8-,9-,10+,11+,12-,13+,14+/m1/s1. The van der Waals surface area contributed by atoms with Gasteiger partial charge in [-0.15, -0.1) is 0 Å². The van der Waals surface area contributed by atoms with Gasteiger partial charge in [-0.3, -0.25) is 0 Å². The van der Waals surface area contributed by atoms with Crippen molar-refractivity contribution < 1.29 is 45.2 Å². The summed E-state index contributed by atoms with van der Waals surface area (Å²) in [5.41, 5.74) is -0.300. The molecule has 0 bridgehead atoms. The fourth-order valence-electron chi connectivity index (χ4n) is 2.62. The van der Waals surface area contributed by atoms with Crippen LogP contribution in [0.1, 0.15) is 27.2 Å². The number of rotatable bonds is 7. The summed E-state index contributed by atoms with van der Waals surface area (Å²) < 4.78 is 10.6. The summed E-state index contributed by atoms with van der Waals surface area (Å²) in [6.45, 7) is 4.29. The molecule has 0 amide bonds. The minimum absolute atomic E-state index is 0.228. The lowest BCUT2D eigenvalue weighted by Gasteiger charge is -2.42. The maximum atomic E-state index is 10.3. The Labute approximate surface area is 141 Å². The van der Waals surface area contributed by atoms with Crippen LogP contribution in [0.4, 0.5) is 0 Å². The van der Waals surface area contributed by atoms with Gasteiger partial charge in [0.15, 0.2) is 6.29 Å². The topological polar surface area (TPSA) is 160 Å². The molecule has 0 aromatic carbocycles. The summed E-state index contributed by atoms with van der Waals surface area (Å²) in [7, 11) is 0. The quantitative estimate of drug-likeness (QED) is 0.258. The van der Waals surface area contributed by atoms with Crippen molar-refractivity contribution in [2.45, 2.75) is 76.2 Å². The van der Waals surface area contributed by atoms with Gasteiger partial charge in [-0.25, -0.2) is 0 Å². The molecule has 0 aromatic rings. The van der Waals surface area contributed by atoms with Crippen LogP contribution in [0.15, 0.2) is 0 Å². The molecule has 1 heterocycles. The van der Waals surface area contributed by atoms with Crippen molar-refractivity contribution in [3.63, 3.8) is 0 Å². The molecule has 9 heteroatoms. The summed E-state index contributed by atoms with van der Waals surface area (Å²) in [5.74, 6) is 0. The van der Waals surface area contributed by atoms with Crippen LogP contribution in [0.5, 0.6) is 0 Å². The van der Waals surface area contributed by atoms with E-state index < -0.39 is 62.2 Å².